The van der Waals surface area contributed by atoms with Gasteiger partial charge in [-0.1, -0.05) is 19.1 Å². The maximum atomic E-state index is 12.9. The second-order valence-corrected chi connectivity index (χ2v) is 7.79. The molecule has 8 heteroatoms. The standard InChI is InChI=1S/C18H16N4O3S/c1-3-15-17(13-6-4-12(10-19)5-7-13)18(23)22(21-15)16-9-8-14(11-20-16)26(2,24)25/h4-9,11,21H,3H2,1-2H3. The highest BCUT2D eigenvalue weighted by molar-refractivity contribution is 7.90. The fraction of sp³-hybridized carbons (Fsp3) is 0.167. The van der Waals surface area contributed by atoms with E-state index in [1.807, 2.05) is 13.0 Å². The lowest BCUT2D eigenvalue weighted by atomic mass is 10.0. The summed E-state index contributed by atoms with van der Waals surface area (Å²) in [5, 5.41) is 11.9. The van der Waals surface area contributed by atoms with Gasteiger partial charge in [-0.3, -0.25) is 9.89 Å². The Hall–Kier alpha value is -3.18. The van der Waals surface area contributed by atoms with Crippen molar-refractivity contribution in [2.24, 2.45) is 0 Å². The average Bonchev–Trinajstić information content (AvgIpc) is 2.97. The Labute approximate surface area is 150 Å². The minimum Gasteiger partial charge on any atom is -0.293 e. The van der Waals surface area contributed by atoms with Gasteiger partial charge in [0.25, 0.3) is 5.56 Å². The number of H-pyrrole nitrogens is 1. The molecule has 0 unspecified atom stereocenters. The fourth-order valence-corrected chi connectivity index (χ4v) is 3.19. The summed E-state index contributed by atoms with van der Waals surface area (Å²) in [6.45, 7) is 1.92. The predicted octanol–water partition coefficient (Wildman–Crippen LogP) is 2.07. The summed E-state index contributed by atoms with van der Waals surface area (Å²) in [5.74, 6) is 0.303. The Kier molecular flexibility index (Phi) is 4.49. The molecule has 0 saturated carbocycles. The number of aromatic amines is 1. The van der Waals surface area contributed by atoms with Gasteiger partial charge in [-0.2, -0.15) is 5.26 Å². The van der Waals surface area contributed by atoms with Crippen LogP contribution in [0.5, 0.6) is 0 Å². The molecule has 0 aliphatic rings. The van der Waals surface area contributed by atoms with Gasteiger partial charge in [-0.05, 0) is 36.2 Å². The van der Waals surface area contributed by atoms with Crippen LogP contribution in [0.1, 0.15) is 18.2 Å². The minimum atomic E-state index is -3.36. The summed E-state index contributed by atoms with van der Waals surface area (Å²) in [5.41, 5.74) is 2.17. The molecule has 1 N–H and O–H groups in total. The van der Waals surface area contributed by atoms with Crippen LogP contribution < -0.4 is 5.56 Å². The molecule has 0 amide bonds. The molecule has 0 saturated heterocycles. The third kappa shape index (κ3) is 3.17. The van der Waals surface area contributed by atoms with Crippen molar-refractivity contribution in [3.05, 3.63) is 64.2 Å². The largest absolute Gasteiger partial charge is 0.293 e. The summed E-state index contributed by atoms with van der Waals surface area (Å²) in [6, 6.07) is 11.7. The normalized spacial score (nSPS) is 11.3. The molecule has 0 aliphatic heterocycles. The average molecular weight is 368 g/mol. The first kappa shape index (κ1) is 17.6. The number of nitriles is 1. The van der Waals surface area contributed by atoms with E-state index in [1.165, 1.54) is 23.0 Å². The van der Waals surface area contributed by atoms with Gasteiger partial charge >= 0.3 is 0 Å². The first-order valence-corrected chi connectivity index (χ1v) is 9.75. The molecule has 0 radical (unpaired) electrons. The number of hydrogen-bond acceptors (Lipinski definition) is 5. The first-order chi connectivity index (χ1) is 12.3. The lowest BCUT2D eigenvalue weighted by molar-refractivity contribution is 0.601. The smallest absolute Gasteiger partial charge is 0.280 e. The summed E-state index contributed by atoms with van der Waals surface area (Å²) in [7, 11) is -3.36. The Bertz CT molecular complexity index is 1150. The van der Waals surface area contributed by atoms with Gasteiger partial charge < -0.3 is 0 Å². The van der Waals surface area contributed by atoms with Crippen molar-refractivity contribution >= 4 is 9.84 Å². The molecule has 3 rings (SSSR count). The maximum Gasteiger partial charge on any atom is 0.280 e. The number of hydrogen-bond donors (Lipinski definition) is 1. The van der Waals surface area contributed by atoms with E-state index in [2.05, 4.69) is 10.1 Å². The van der Waals surface area contributed by atoms with E-state index >= 15 is 0 Å². The molecule has 3 aromatic rings. The van der Waals surface area contributed by atoms with Gasteiger partial charge in [0.1, 0.15) is 0 Å². The molecule has 2 heterocycles. The Morgan fingerprint density at radius 2 is 1.88 bits per heavy atom. The van der Waals surface area contributed by atoms with Gasteiger partial charge in [-0.25, -0.2) is 18.1 Å². The summed E-state index contributed by atoms with van der Waals surface area (Å²) >= 11 is 0. The second kappa shape index (κ2) is 6.61. The minimum absolute atomic E-state index is 0.0869. The van der Waals surface area contributed by atoms with E-state index in [9.17, 15) is 13.2 Å². The highest BCUT2D eigenvalue weighted by Gasteiger charge is 2.17. The molecular formula is C18H16N4O3S. The van der Waals surface area contributed by atoms with Crippen LogP contribution in [0, 0.1) is 11.3 Å². The van der Waals surface area contributed by atoms with Gasteiger partial charge in [0, 0.05) is 18.1 Å². The zero-order chi connectivity index (χ0) is 18.9. The lowest BCUT2D eigenvalue weighted by Crippen LogP contribution is -2.17. The molecule has 132 valence electrons. The molecule has 1 aromatic carbocycles. The Morgan fingerprint density at radius 1 is 1.19 bits per heavy atom. The van der Waals surface area contributed by atoms with E-state index in [0.29, 0.717) is 28.9 Å². The topological polar surface area (TPSA) is 109 Å². The third-order valence-corrected chi connectivity index (χ3v) is 5.10. The van der Waals surface area contributed by atoms with Gasteiger partial charge in [0.15, 0.2) is 15.7 Å². The number of nitrogens with one attached hydrogen (secondary N) is 1. The number of aryl methyl sites for hydroxylation is 1. The van der Waals surface area contributed by atoms with Crippen LogP contribution in [0.4, 0.5) is 0 Å². The molecular weight excluding hydrogens is 352 g/mol. The highest BCUT2D eigenvalue weighted by atomic mass is 32.2. The van der Waals surface area contributed by atoms with E-state index in [4.69, 9.17) is 5.26 Å². The summed E-state index contributed by atoms with van der Waals surface area (Å²) < 4.78 is 24.4. The molecule has 7 nitrogen and oxygen atoms in total. The van der Waals surface area contributed by atoms with Crippen LogP contribution in [0.2, 0.25) is 0 Å². The highest BCUT2D eigenvalue weighted by Crippen LogP contribution is 2.21. The summed E-state index contributed by atoms with van der Waals surface area (Å²) in [6.07, 6.45) is 2.92. The van der Waals surface area contributed by atoms with E-state index in [0.717, 1.165) is 11.9 Å². The molecule has 0 spiro atoms. The van der Waals surface area contributed by atoms with Crippen molar-refractivity contribution in [2.45, 2.75) is 18.2 Å². The number of benzene rings is 1. The predicted molar refractivity (Wildman–Crippen MR) is 96.8 cm³/mol. The van der Waals surface area contributed by atoms with Crippen molar-refractivity contribution < 1.29 is 8.42 Å². The van der Waals surface area contributed by atoms with Crippen molar-refractivity contribution in [3.8, 4) is 23.0 Å². The Balaban J connectivity index is 2.12. The van der Waals surface area contributed by atoms with Crippen LogP contribution in [0.15, 0.2) is 52.3 Å². The van der Waals surface area contributed by atoms with Crippen molar-refractivity contribution in [3.63, 3.8) is 0 Å². The zero-order valence-corrected chi connectivity index (χ0v) is 15.0. The number of nitrogens with zero attached hydrogens (tertiary/aromatic N) is 3. The monoisotopic (exact) mass is 368 g/mol. The van der Waals surface area contributed by atoms with E-state index < -0.39 is 9.84 Å². The number of sulfone groups is 1. The molecule has 0 bridgehead atoms. The zero-order valence-electron chi connectivity index (χ0n) is 14.2. The van der Waals surface area contributed by atoms with Crippen LogP contribution in [0.3, 0.4) is 0 Å². The summed E-state index contributed by atoms with van der Waals surface area (Å²) in [4.78, 5) is 17.1. The van der Waals surface area contributed by atoms with Gasteiger partial charge in [0.05, 0.1) is 22.1 Å². The van der Waals surface area contributed by atoms with Gasteiger partial charge in [-0.15, -0.1) is 0 Å². The SMILES string of the molecule is CCc1[nH]n(-c2ccc(S(C)(=O)=O)cn2)c(=O)c1-c1ccc(C#N)cc1. The van der Waals surface area contributed by atoms with Crippen molar-refractivity contribution in [1.82, 2.24) is 14.8 Å². The van der Waals surface area contributed by atoms with Crippen LogP contribution in [0.25, 0.3) is 16.9 Å². The lowest BCUT2D eigenvalue weighted by Gasteiger charge is -2.02. The molecule has 0 atom stereocenters. The third-order valence-electron chi connectivity index (χ3n) is 4.00. The molecule has 2 aromatic heterocycles. The number of pyridine rings is 1. The van der Waals surface area contributed by atoms with Crippen molar-refractivity contribution in [1.29, 1.82) is 5.26 Å². The second-order valence-electron chi connectivity index (χ2n) is 5.77. The molecule has 0 fully saturated rings. The quantitative estimate of drug-likeness (QED) is 0.758. The van der Waals surface area contributed by atoms with Crippen LogP contribution in [-0.4, -0.2) is 29.4 Å². The van der Waals surface area contributed by atoms with Crippen LogP contribution >= 0.6 is 0 Å². The maximum absolute atomic E-state index is 12.9. The Morgan fingerprint density at radius 3 is 2.38 bits per heavy atom. The van der Waals surface area contributed by atoms with Crippen LogP contribution in [-0.2, 0) is 16.3 Å². The van der Waals surface area contributed by atoms with Crippen molar-refractivity contribution in [2.75, 3.05) is 6.26 Å². The number of rotatable bonds is 4. The fourth-order valence-electron chi connectivity index (χ4n) is 2.63. The molecule has 26 heavy (non-hydrogen) atoms. The first-order valence-electron chi connectivity index (χ1n) is 7.86. The van der Waals surface area contributed by atoms with Gasteiger partial charge in [0.2, 0.25) is 0 Å². The molecule has 0 aliphatic carbocycles. The number of aromatic nitrogens is 3. The van der Waals surface area contributed by atoms with E-state index in [-0.39, 0.29) is 10.5 Å². The van der Waals surface area contributed by atoms with E-state index in [1.54, 1.807) is 24.3 Å².